The molecule has 4 aromatic rings. The zero-order valence-electron chi connectivity index (χ0n) is 15.7. The number of hydrogen-bond donors (Lipinski definition) is 2. The van der Waals surface area contributed by atoms with Gasteiger partial charge in [0.1, 0.15) is 6.33 Å². The van der Waals surface area contributed by atoms with Crippen LogP contribution in [0.25, 0.3) is 10.2 Å². The van der Waals surface area contributed by atoms with Gasteiger partial charge in [0.2, 0.25) is 0 Å². The molecule has 0 amide bonds. The van der Waals surface area contributed by atoms with Gasteiger partial charge in [-0.3, -0.25) is 0 Å². The first-order valence-electron chi connectivity index (χ1n) is 9.38. The molecule has 30 heavy (non-hydrogen) atoms. The van der Waals surface area contributed by atoms with E-state index in [0.29, 0.717) is 11.1 Å². The van der Waals surface area contributed by atoms with E-state index in [-0.39, 0.29) is 0 Å². The van der Waals surface area contributed by atoms with Crippen molar-refractivity contribution < 1.29 is 0 Å². The highest BCUT2D eigenvalue weighted by atomic mass is 35.5. The largest absolute Gasteiger partial charge is 0.339 e. The predicted molar refractivity (Wildman–Crippen MR) is 126 cm³/mol. The maximum atomic E-state index is 6.50. The minimum Gasteiger partial charge on any atom is -0.339 e. The Balaban J connectivity index is 1.37. The van der Waals surface area contributed by atoms with Gasteiger partial charge < -0.3 is 10.6 Å². The lowest BCUT2D eigenvalue weighted by Gasteiger charge is -2.08. The Morgan fingerprint density at radius 2 is 2.20 bits per heavy atom. The minimum absolute atomic E-state index is 0.293. The van der Waals surface area contributed by atoms with E-state index in [1.807, 2.05) is 29.6 Å². The van der Waals surface area contributed by atoms with Gasteiger partial charge in [-0.2, -0.15) is 0 Å². The number of nitrogens with zero attached hydrogens (tertiary/aromatic N) is 3. The molecule has 1 saturated heterocycles. The van der Waals surface area contributed by atoms with E-state index in [0.717, 1.165) is 48.8 Å². The summed E-state index contributed by atoms with van der Waals surface area (Å²) < 4.78 is 1.95. The topological polar surface area (TPSA) is 62.7 Å². The van der Waals surface area contributed by atoms with Crippen molar-refractivity contribution in [2.75, 3.05) is 11.9 Å². The first-order chi connectivity index (χ1) is 14.7. The van der Waals surface area contributed by atoms with Gasteiger partial charge in [0.25, 0.3) is 0 Å². The van der Waals surface area contributed by atoms with E-state index in [2.05, 4.69) is 37.4 Å². The number of aromatic nitrogens is 3. The van der Waals surface area contributed by atoms with Crippen molar-refractivity contribution >= 4 is 67.8 Å². The van der Waals surface area contributed by atoms with E-state index >= 15 is 0 Å². The summed E-state index contributed by atoms with van der Waals surface area (Å²) in [4.78, 5) is 15.1. The highest BCUT2D eigenvalue weighted by Gasteiger charge is 2.12. The molecule has 1 aliphatic heterocycles. The van der Waals surface area contributed by atoms with E-state index < -0.39 is 0 Å². The first kappa shape index (κ1) is 19.8. The van der Waals surface area contributed by atoms with Crippen LogP contribution in [0, 0.1) is 11.8 Å². The molecule has 150 valence electrons. The molecule has 1 atom stereocenters. The molecule has 0 radical (unpaired) electrons. The summed E-state index contributed by atoms with van der Waals surface area (Å²) in [6.07, 6.45) is 5.67. The lowest BCUT2D eigenvalue weighted by molar-refractivity contribution is 0.749. The van der Waals surface area contributed by atoms with Crippen molar-refractivity contribution in [3.8, 4) is 11.8 Å². The summed E-state index contributed by atoms with van der Waals surface area (Å²) in [6.45, 7) is 1.05. The first-order valence-corrected chi connectivity index (χ1v) is 12.3. The fourth-order valence-electron chi connectivity index (χ4n) is 3.12. The van der Waals surface area contributed by atoms with Crippen molar-refractivity contribution in [1.82, 2.24) is 20.3 Å². The average molecular weight is 470 g/mol. The molecule has 0 bridgehead atoms. The second-order valence-corrected chi connectivity index (χ2v) is 10.3. The maximum absolute atomic E-state index is 6.50. The van der Waals surface area contributed by atoms with Crippen molar-refractivity contribution in [3.05, 3.63) is 52.1 Å². The van der Waals surface area contributed by atoms with Crippen molar-refractivity contribution in [1.29, 1.82) is 0 Å². The molecule has 0 aliphatic carbocycles. The molecule has 4 heterocycles. The highest BCUT2D eigenvalue weighted by molar-refractivity contribution is 8.01. The van der Waals surface area contributed by atoms with Gasteiger partial charge in [-0.05, 0) is 43.7 Å². The Morgan fingerprint density at radius 3 is 3.00 bits per heavy atom. The van der Waals surface area contributed by atoms with Gasteiger partial charge in [-0.1, -0.05) is 35.2 Å². The van der Waals surface area contributed by atoms with E-state index in [4.69, 9.17) is 11.6 Å². The number of halogens is 1. The molecule has 1 aliphatic rings. The van der Waals surface area contributed by atoms with Gasteiger partial charge in [0.15, 0.2) is 10.2 Å². The third-order valence-electron chi connectivity index (χ3n) is 4.54. The maximum Gasteiger partial charge on any atom is 0.154 e. The van der Waals surface area contributed by atoms with Gasteiger partial charge in [0.05, 0.1) is 26.2 Å². The standard InChI is InChI=1S/C21H16ClN5S3/c22-16-10-14(4-6-18(16)30-21-24-8-9-28-21)27-20-19-17(25-12-26-20)11-15(29-19)5-3-13-2-1-7-23-13/h4,6,8-13,23H,1-2,7H2,(H,25,26,27)/t13-/m1/s1. The Morgan fingerprint density at radius 1 is 1.23 bits per heavy atom. The summed E-state index contributed by atoms with van der Waals surface area (Å²) in [5.74, 6) is 7.36. The number of hydrogen-bond acceptors (Lipinski definition) is 8. The second kappa shape index (κ2) is 8.92. The Hall–Kier alpha value is -2.15. The quantitative estimate of drug-likeness (QED) is 0.368. The van der Waals surface area contributed by atoms with Crippen LogP contribution in [0.1, 0.15) is 17.7 Å². The van der Waals surface area contributed by atoms with E-state index in [1.54, 1.807) is 47.0 Å². The number of anilines is 2. The summed E-state index contributed by atoms with van der Waals surface area (Å²) >= 11 is 11.3. The smallest absolute Gasteiger partial charge is 0.154 e. The fourth-order valence-corrected chi connectivity index (χ4v) is 5.92. The van der Waals surface area contributed by atoms with Crippen LogP contribution in [-0.2, 0) is 0 Å². The van der Waals surface area contributed by atoms with Crippen LogP contribution in [0.3, 0.4) is 0 Å². The molecule has 0 spiro atoms. The van der Waals surface area contributed by atoms with Crippen LogP contribution in [0.5, 0.6) is 0 Å². The van der Waals surface area contributed by atoms with Gasteiger partial charge in [-0.15, -0.1) is 22.7 Å². The Bertz CT molecular complexity index is 1240. The van der Waals surface area contributed by atoms with Crippen molar-refractivity contribution in [2.24, 2.45) is 0 Å². The normalized spacial score (nSPS) is 15.8. The van der Waals surface area contributed by atoms with Gasteiger partial charge >= 0.3 is 0 Å². The number of rotatable bonds is 4. The summed E-state index contributed by atoms with van der Waals surface area (Å²) in [5.41, 5.74) is 1.77. The molecular formula is C21H16ClN5S3. The monoisotopic (exact) mass is 469 g/mol. The molecule has 3 aromatic heterocycles. The van der Waals surface area contributed by atoms with Gasteiger partial charge in [-0.25, -0.2) is 15.0 Å². The molecule has 9 heteroatoms. The molecular weight excluding hydrogens is 454 g/mol. The number of fused-ring (bicyclic) bond motifs is 1. The zero-order valence-corrected chi connectivity index (χ0v) is 18.9. The number of nitrogens with one attached hydrogen (secondary N) is 2. The Labute approximate surface area is 191 Å². The fraction of sp³-hybridized carbons (Fsp3) is 0.190. The van der Waals surface area contributed by atoms with Crippen LogP contribution in [-0.4, -0.2) is 27.5 Å². The van der Waals surface area contributed by atoms with Crippen LogP contribution in [0.15, 0.2) is 51.4 Å². The van der Waals surface area contributed by atoms with E-state index in [9.17, 15) is 0 Å². The van der Waals surface area contributed by atoms with E-state index in [1.165, 1.54) is 6.42 Å². The summed E-state index contributed by atoms with van der Waals surface area (Å²) in [7, 11) is 0. The third kappa shape index (κ3) is 4.46. The van der Waals surface area contributed by atoms with Crippen LogP contribution < -0.4 is 10.6 Å². The lowest BCUT2D eigenvalue weighted by atomic mass is 10.2. The molecule has 0 unspecified atom stereocenters. The minimum atomic E-state index is 0.293. The lowest BCUT2D eigenvalue weighted by Crippen LogP contribution is -2.18. The molecule has 5 rings (SSSR count). The Kier molecular flexibility index (Phi) is 5.88. The predicted octanol–water partition coefficient (Wildman–Crippen LogP) is 5.80. The molecule has 5 nitrogen and oxygen atoms in total. The molecule has 1 aromatic carbocycles. The van der Waals surface area contributed by atoms with Crippen molar-refractivity contribution in [2.45, 2.75) is 28.1 Å². The second-order valence-electron chi connectivity index (χ2n) is 6.64. The third-order valence-corrected chi connectivity index (χ3v) is 7.97. The molecule has 0 saturated carbocycles. The molecule has 2 N–H and O–H groups in total. The number of thiazole rings is 1. The summed E-state index contributed by atoms with van der Waals surface area (Å²) in [6, 6.07) is 8.22. The number of benzene rings is 1. The molecule has 1 fully saturated rings. The summed E-state index contributed by atoms with van der Waals surface area (Å²) in [5, 5.41) is 9.41. The SMILES string of the molecule is Clc1cc(Nc2ncnc3cc(C#C[C@H]4CCCN4)sc23)ccc1Sc1nccs1. The zero-order chi connectivity index (χ0) is 20.3. The van der Waals surface area contributed by atoms with Crippen LogP contribution in [0.2, 0.25) is 5.02 Å². The van der Waals surface area contributed by atoms with Crippen LogP contribution in [0.4, 0.5) is 11.5 Å². The average Bonchev–Trinajstić information content (AvgIpc) is 3.50. The highest BCUT2D eigenvalue weighted by Crippen LogP contribution is 2.37. The van der Waals surface area contributed by atoms with Crippen LogP contribution >= 0.6 is 46.0 Å². The van der Waals surface area contributed by atoms with Gasteiger partial charge in [0, 0.05) is 22.2 Å². The number of thiophene rings is 1. The van der Waals surface area contributed by atoms with Crippen molar-refractivity contribution in [3.63, 3.8) is 0 Å².